The molecule has 3 atom stereocenters. The van der Waals surface area contributed by atoms with Crippen LogP contribution in [-0.2, 0) is 4.74 Å². The van der Waals surface area contributed by atoms with Crippen molar-refractivity contribution in [1.82, 2.24) is 4.90 Å². The zero-order chi connectivity index (χ0) is 12.0. The van der Waals surface area contributed by atoms with Crippen LogP contribution in [0.2, 0.25) is 0 Å². The third-order valence-electron chi connectivity index (χ3n) is 3.68. The molecule has 1 saturated heterocycles. The number of hydrogen-bond acceptors (Lipinski definition) is 4. The molecule has 4 nitrogen and oxygen atoms in total. The van der Waals surface area contributed by atoms with Crippen molar-refractivity contribution >= 4 is 0 Å². The molecule has 1 rings (SSSR count). The number of hydrogen-bond donors (Lipinski definition) is 2. The Morgan fingerprint density at radius 2 is 2.31 bits per heavy atom. The number of nitrogens with two attached hydrogens (primary N) is 1. The summed E-state index contributed by atoms with van der Waals surface area (Å²) in [6.45, 7) is 5.01. The summed E-state index contributed by atoms with van der Waals surface area (Å²) in [6.07, 6.45) is 3.26. The van der Waals surface area contributed by atoms with Crippen LogP contribution in [-0.4, -0.2) is 55.5 Å². The molecule has 0 aliphatic carbocycles. The predicted molar refractivity (Wildman–Crippen MR) is 65.3 cm³/mol. The van der Waals surface area contributed by atoms with Crippen molar-refractivity contribution in [3.63, 3.8) is 0 Å². The first kappa shape index (κ1) is 13.9. The molecule has 16 heavy (non-hydrogen) atoms. The van der Waals surface area contributed by atoms with Gasteiger partial charge in [0, 0.05) is 19.2 Å². The van der Waals surface area contributed by atoms with E-state index in [1.165, 1.54) is 6.42 Å². The first-order valence-corrected chi connectivity index (χ1v) is 6.30. The van der Waals surface area contributed by atoms with Crippen LogP contribution in [0.4, 0.5) is 0 Å². The SMILES string of the molecule is COCC(CCCN)N1CCC(C)C1CO. The van der Waals surface area contributed by atoms with Crippen LogP contribution in [0.25, 0.3) is 0 Å². The van der Waals surface area contributed by atoms with Gasteiger partial charge in [-0.05, 0) is 38.3 Å². The molecule has 4 heteroatoms. The van der Waals surface area contributed by atoms with E-state index in [4.69, 9.17) is 10.5 Å². The summed E-state index contributed by atoms with van der Waals surface area (Å²) in [7, 11) is 1.74. The van der Waals surface area contributed by atoms with Crippen LogP contribution >= 0.6 is 0 Å². The smallest absolute Gasteiger partial charge is 0.0618 e. The number of nitrogens with zero attached hydrogens (tertiary/aromatic N) is 1. The number of aliphatic hydroxyl groups is 1. The third kappa shape index (κ3) is 3.42. The van der Waals surface area contributed by atoms with Crippen LogP contribution < -0.4 is 5.73 Å². The van der Waals surface area contributed by atoms with E-state index in [9.17, 15) is 5.11 Å². The lowest BCUT2D eigenvalue weighted by molar-refractivity contribution is 0.0483. The van der Waals surface area contributed by atoms with E-state index in [2.05, 4.69) is 11.8 Å². The average molecular weight is 230 g/mol. The van der Waals surface area contributed by atoms with Gasteiger partial charge in [-0.2, -0.15) is 0 Å². The summed E-state index contributed by atoms with van der Waals surface area (Å²) in [4.78, 5) is 2.41. The highest BCUT2D eigenvalue weighted by atomic mass is 16.5. The van der Waals surface area contributed by atoms with Gasteiger partial charge in [-0.1, -0.05) is 6.92 Å². The third-order valence-corrected chi connectivity index (χ3v) is 3.68. The Morgan fingerprint density at radius 3 is 2.88 bits per heavy atom. The van der Waals surface area contributed by atoms with Gasteiger partial charge in [0.05, 0.1) is 13.2 Å². The lowest BCUT2D eigenvalue weighted by atomic mass is 10.0. The van der Waals surface area contributed by atoms with Crippen molar-refractivity contribution in [2.24, 2.45) is 11.7 Å². The van der Waals surface area contributed by atoms with Crippen molar-refractivity contribution in [3.8, 4) is 0 Å². The van der Waals surface area contributed by atoms with E-state index >= 15 is 0 Å². The molecule has 96 valence electrons. The first-order chi connectivity index (χ1) is 7.74. The predicted octanol–water partition coefficient (Wildman–Crippen LogP) is 0.443. The maximum absolute atomic E-state index is 9.44. The molecule has 0 amide bonds. The molecule has 0 spiro atoms. The number of ether oxygens (including phenoxy) is 1. The molecule has 1 fully saturated rings. The number of likely N-dealkylation sites (tertiary alicyclic amines) is 1. The number of rotatable bonds is 7. The zero-order valence-electron chi connectivity index (χ0n) is 10.6. The quantitative estimate of drug-likeness (QED) is 0.666. The highest BCUT2D eigenvalue weighted by molar-refractivity contribution is 4.88. The van der Waals surface area contributed by atoms with E-state index in [0.717, 1.165) is 32.5 Å². The fourth-order valence-electron chi connectivity index (χ4n) is 2.67. The molecule has 0 bridgehead atoms. The first-order valence-electron chi connectivity index (χ1n) is 6.30. The lowest BCUT2D eigenvalue weighted by Crippen LogP contribution is -2.45. The fraction of sp³-hybridized carbons (Fsp3) is 1.00. The highest BCUT2D eigenvalue weighted by Crippen LogP contribution is 2.27. The zero-order valence-corrected chi connectivity index (χ0v) is 10.6. The monoisotopic (exact) mass is 230 g/mol. The summed E-state index contributed by atoms with van der Waals surface area (Å²) < 4.78 is 5.28. The Bertz CT molecular complexity index is 190. The minimum atomic E-state index is 0.254. The average Bonchev–Trinajstić information content (AvgIpc) is 2.65. The van der Waals surface area contributed by atoms with Crippen LogP contribution in [0.1, 0.15) is 26.2 Å². The van der Waals surface area contributed by atoms with E-state index in [1.807, 2.05) is 0 Å². The molecule has 3 unspecified atom stereocenters. The van der Waals surface area contributed by atoms with Gasteiger partial charge in [0.25, 0.3) is 0 Å². The van der Waals surface area contributed by atoms with E-state index in [0.29, 0.717) is 18.0 Å². The van der Waals surface area contributed by atoms with Gasteiger partial charge in [0.2, 0.25) is 0 Å². The molecular formula is C12H26N2O2. The Labute approximate surface area is 98.8 Å². The van der Waals surface area contributed by atoms with E-state index in [1.54, 1.807) is 7.11 Å². The highest BCUT2D eigenvalue weighted by Gasteiger charge is 2.34. The van der Waals surface area contributed by atoms with Gasteiger partial charge in [0.15, 0.2) is 0 Å². The van der Waals surface area contributed by atoms with Crippen molar-refractivity contribution in [1.29, 1.82) is 0 Å². The van der Waals surface area contributed by atoms with Gasteiger partial charge in [-0.3, -0.25) is 4.90 Å². The van der Waals surface area contributed by atoms with Gasteiger partial charge in [-0.15, -0.1) is 0 Å². The molecule has 0 aromatic heterocycles. The molecule has 0 radical (unpaired) electrons. The van der Waals surface area contributed by atoms with Gasteiger partial charge in [-0.25, -0.2) is 0 Å². The molecule has 0 aromatic rings. The van der Waals surface area contributed by atoms with Crippen LogP contribution in [0.5, 0.6) is 0 Å². The maximum Gasteiger partial charge on any atom is 0.0618 e. The maximum atomic E-state index is 9.44. The van der Waals surface area contributed by atoms with Crippen molar-refractivity contribution in [3.05, 3.63) is 0 Å². The minimum Gasteiger partial charge on any atom is -0.395 e. The van der Waals surface area contributed by atoms with Crippen molar-refractivity contribution < 1.29 is 9.84 Å². The summed E-state index contributed by atoms with van der Waals surface area (Å²) in [5.74, 6) is 0.585. The van der Waals surface area contributed by atoms with Crippen molar-refractivity contribution in [2.45, 2.75) is 38.3 Å². The van der Waals surface area contributed by atoms with E-state index < -0.39 is 0 Å². The molecule has 0 aromatic carbocycles. The van der Waals surface area contributed by atoms with E-state index in [-0.39, 0.29) is 6.61 Å². The molecule has 1 heterocycles. The second-order valence-electron chi connectivity index (χ2n) is 4.79. The fourth-order valence-corrected chi connectivity index (χ4v) is 2.67. The second kappa shape index (κ2) is 7.22. The Balaban J connectivity index is 2.54. The van der Waals surface area contributed by atoms with Crippen LogP contribution in [0.3, 0.4) is 0 Å². The van der Waals surface area contributed by atoms with Gasteiger partial charge >= 0.3 is 0 Å². The standard InChI is InChI=1S/C12H26N2O2/c1-10-5-7-14(12(10)8-15)11(9-16-2)4-3-6-13/h10-12,15H,3-9,13H2,1-2H3. The minimum absolute atomic E-state index is 0.254. The number of methoxy groups -OCH3 is 1. The summed E-state index contributed by atoms with van der Waals surface area (Å²) in [5.41, 5.74) is 5.56. The Hall–Kier alpha value is -0.160. The molecule has 0 saturated carbocycles. The Morgan fingerprint density at radius 1 is 1.56 bits per heavy atom. The summed E-state index contributed by atoms with van der Waals surface area (Å²) >= 11 is 0. The summed E-state index contributed by atoms with van der Waals surface area (Å²) in [6, 6.07) is 0.716. The molecule has 1 aliphatic rings. The number of aliphatic hydroxyl groups excluding tert-OH is 1. The molecule has 1 aliphatic heterocycles. The molecular weight excluding hydrogens is 204 g/mol. The lowest BCUT2D eigenvalue weighted by Gasteiger charge is -2.33. The Kier molecular flexibility index (Phi) is 6.28. The van der Waals surface area contributed by atoms with Gasteiger partial charge < -0.3 is 15.6 Å². The second-order valence-corrected chi connectivity index (χ2v) is 4.79. The molecule has 3 N–H and O–H groups in total. The van der Waals surface area contributed by atoms with Crippen LogP contribution in [0, 0.1) is 5.92 Å². The van der Waals surface area contributed by atoms with Crippen molar-refractivity contribution in [2.75, 3.05) is 33.4 Å². The largest absolute Gasteiger partial charge is 0.395 e. The van der Waals surface area contributed by atoms with Crippen LogP contribution in [0.15, 0.2) is 0 Å². The normalized spacial score (nSPS) is 28.5. The van der Waals surface area contributed by atoms with Gasteiger partial charge in [0.1, 0.15) is 0 Å². The summed E-state index contributed by atoms with van der Waals surface area (Å²) in [5, 5.41) is 9.44. The topological polar surface area (TPSA) is 58.7 Å².